The molecule has 4 unspecified atom stereocenters. The van der Waals surface area contributed by atoms with Crippen molar-refractivity contribution in [1.82, 2.24) is 0 Å². The van der Waals surface area contributed by atoms with E-state index in [-0.39, 0.29) is 29.2 Å². The highest BCUT2D eigenvalue weighted by atomic mass is 16.6. The fraction of sp³-hybridized carbons (Fsp3) is 0.579. The average Bonchev–Trinajstić information content (AvgIpc) is 3.03. The van der Waals surface area contributed by atoms with Gasteiger partial charge in [0.1, 0.15) is 11.9 Å². The van der Waals surface area contributed by atoms with E-state index >= 15 is 0 Å². The van der Waals surface area contributed by atoms with Crippen LogP contribution in [-0.4, -0.2) is 46.3 Å². The van der Waals surface area contributed by atoms with Crippen LogP contribution in [-0.2, 0) is 23.8 Å². The molecular formula is C19H24O7. The molecule has 1 saturated heterocycles. The second-order valence-electron chi connectivity index (χ2n) is 7.52. The third kappa shape index (κ3) is 3.11. The van der Waals surface area contributed by atoms with Gasteiger partial charge in [-0.25, -0.2) is 9.59 Å². The summed E-state index contributed by atoms with van der Waals surface area (Å²) in [5.74, 6) is -2.84. The van der Waals surface area contributed by atoms with Crippen molar-refractivity contribution >= 4 is 11.9 Å². The van der Waals surface area contributed by atoms with Crippen LogP contribution >= 0.6 is 0 Å². The third-order valence-corrected chi connectivity index (χ3v) is 5.28. The average molecular weight is 364 g/mol. The molecule has 2 bridgehead atoms. The van der Waals surface area contributed by atoms with E-state index in [2.05, 4.69) is 6.58 Å². The first-order valence-corrected chi connectivity index (χ1v) is 8.67. The maximum Gasteiger partial charge on any atom is 0.342 e. The number of aliphatic hydroxyl groups is 2. The smallest absolute Gasteiger partial charge is 0.342 e. The molecule has 1 fully saturated rings. The molecule has 26 heavy (non-hydrogen) atoms. The summed E-state index contributed by atoms with van der Waals surface area (Å²) in [6.45, 7) is 8.16. The molecular weight excluding hydrogens is 340 g/mol. The van der Waals surface area contributed by atoms with E-state index in [4.69, 9.17) is 14.2 Å². The summed E-state index contributed by atoms with van der Waals surface area (Å²) in [5, 5.41) is 20.6. The molecule has 2 N–H and O–H groups in total. The fourth-order valence-corrected chi connectivity index (χ4v) is 3.70. The molecule has 0 aromatic heterocycles. The van der Waals surface area contributed by atoms with Gasteiger partial charge in [0.25, 0.3) is 0 Å². The van der Waals surface area contributed by atoms with Crippen molar-refractivity contribution in [2.24, 2.45) is 5.92 Å². The molecule has 0 amide bonds. The quantitative estimate of drug-likeness (QED) is 0.578. The second-order valence-corrected chi connectivity index (χ2v) is 7.52. The Morgan fingerprint density at radius 1 is 1.46 bits per heavy atom. The summed E-state index contributed by atoms with van der Waals surface area (Å²) in [5.41, 5.74) is -0.235. The van der Waals surface area contributed by atoms with Crippen LogP contribution in [0.3, 0.4) is 0 Å². The fourth-order valence-electron chi connectivity index (χ4n) is 3.70. The topological polar surface area (TPSA) is 102 Å². The lowest BCUT2D eigenvalue weighted by molar-refractivity contribution is -0.238. The Balaban J connectivity index is 2.12. The van der Waals surface area contributed by atoms with Crippen LogP contribution in [0.1, 0.15) is 40.0 Å². The van der Waals surface area contributed by atoms with E-state index in [1.807, 2.05) is 0 Å². The zero-order valence-corrected chi connectivity index (χ0v) is 15.2. The molecule has 7 heteroatoms. The first-order valence-electron chi connectivity index (χ1n) is 8.67. The number of hydrogen-bond acceptors (Lipinski definition) is 7. The summed E-state index contributed by atoms with van der Waals surface area (Å²) in [7, 11) is 0. The van der Waals surface area contributed by atoms with Crippen molar-refractivity contribution < 1.29 is 34.0 Å². The van der Waals surface area contributed by atoms with Gasteiger partial charge in [-0.1, -0.05) is 13.5 Å². The number of carbonyl (C=O) groups is 2. The minimum Gasteiger partial charge on any atom is -0.454 e. The van der Waals surface area contributed by atoms with Gasteiger partial charge < -0.3 is 24.4 Å². The number of aliphatic hydroxyl groups excluding tert-OH is 1. The molecule has 142 valence electrons. The zero-order valence-electron chi connectivity index (χ0n) is 15.2. The van der Waals surface area contributed by atoms with Gasteiger partial charge in [-0.15, -0.1) is 0 Å². The Labute approximate surface area is 151 Å². The molecule has 0 radical (unpaired) electrons. The van der Waals surface area contributed by atoms with Crippen LogP contribution < -0.4 is 0 Å². The van der Waals surface area contributed by atoms with E-state index in [1.54, 1.807) is 19.9 Å². The highest BCUT2D eigenvalue weighted by Crippen LogP contribution is 2.47. The predicted molar refractivity (Wildman–Crippen MR) is 90.4 cm³/mol. The summed E-state index contributed by atoms with van der Waals surface area (Å²) in [6.07, 6.45) is 1.92. The number of ether oxygens (including phenoxy) is 3. The largest absolute Gasteiger partial charge is 0.454 e. The van der Waals surface area contributed by atoms with Gasteiger partial charge in [0.15, 0.2) is 5.79 Å². The van der Waals surface area contributed by atoms with Gasteiger partial charge in [0.2, 0.25) is 0 Å². The molecule has 3 aliphatic rings. The number of fused-ring (bicyclic) bond motifs is 3. The van der Waals surface area contributed by atoms with Crippen LogP contribution in [0.5, 0.6) is 0 Å². The van der Waals surface area contributed by atoms with Crippen LogP contribution in [0.2, 0.25) is 0 Å². The molecule has 0 spiro atoms. The van der Waals surface area contributed by atoms with Crippen molar-refractivity contribution in [3.05, 3.63) is 35.1 Å². The lowest BCUT2D eigenvalue weighted by Gasteiger charge is -2.33. The maximum atomic E-state index is 12.2. The number of carbonyl (C=O) groups excluding carboxylic acids is 2. The van der Waals surface area contributed by atoms with E-state index < -0.39 is 36.0 Å². The first-order chi connectivity index (χ1) is 12.1. The monoisotopic (exact) mass is 364 g/mol. The standard InChI is InChI=1S/C19H24O7/c1-10(2)16(21)24-13-7-11(3)19(23)6-5-18(4,26-19)8-14-15(13)12(9-20)17(22)25-14/h8,11,13,20,23H,1,5-7,9H2,2-4H3. The van der Waals surface area contributed by atoms with Gasteiger partial charge in [-0.2, -0.15) is 0 Å². The Hall–Kier alpha value is -1.96. The second kappa shape index (κ2) is 6.33. The van der Waals surface area contributed by atoms with Gasteiger partial charge in [0, 0.05) is 23.5 Å². The van der Waals surface area contributed by atoms with Crippen molar-refractivity contribution in [2.45, 2.75) is 57.5 Å². The molecule has 3 aliphatic heterocycles. The molecule has 0 saturated carbocycles. The number of hydrogen-bond donors (Lipinski definition) is 2. The highest BCUT2D eigenvalue weighted by Gasteiger charge is 2.52. The van der Waals surface area contributed by atoms with Crippen molar-refractivity contribution in [3.63, 3.8) is 0 Å². The predicted octanol–water partition coefficient (Wildman–Crippen LogP) is 1.50. The van der Waals surface area contributed by atoms with Gasteiger partial charge in [0.05, 0.1) is 17.8 Å². The number of esters is 2. The number of rotatable bonds is 3. The highest BCUT2D eigenvalue weighted by molar-refractivity contribution is 5.95. The molecule has 0 aliphatic carbocycles. The molecule has 0 aromatic rings. The first kappa shape index (κ1) is 18.8. The van der Waals surface area contributed by atoms with Crippen molar-refractivity contribution in [1.29, 1.82) is 0 Å². The van der Waals surface area contributed by atoms with Crippen molar-refractivity contribution in [3.8, 4) is 0 Å². The lowest BCUT2D eigenvalue weighted by atomic mass is 9.86. The van der Waals surface area contributed by atoms with Crippen LogP contribution in [0.25, 0.3) is 0 Å². The van der Waals surface area contributed by atoms with E-state index in [0.717, 1.165) is 0 Å². The Morgan fingerprint density at radius 3 is 2.77 bits per heavy atom. The molecule has 0 aromatic carbocycles. The minimum absolute atomic E-state index is 0.0522. The summed E-state index contributed by atoms with van der Waals surface area (Å²) in [6, 6.07) is 0. The molecule has 4 atom stereocenters. The van der Waals surface area contributed by atoms with Crippen LogP contribution in [0, 0.1) is 5.92 Å². The van der Waals surface area contributed by atoms with Crippen LogP contribution in [0.15, 0.2) is 35.1 Å². The minimum atomic E-state index is -1.37. The van der Waals surface area contributed by atoms with E-state index in [1.165, 1.54) is 6.92 Å². The third-order valence-electron chi connectivity index (χ3n) is 5.28. The van der Waals surface area contributed by atoms with Gasteiger partial charge in [-0.3, -0.25) is 0 Å². The Morgan fingerprint density at radius 2 is 2.15 bits per heavy atom. The molecule has 3 rings (SSSR count). The zero-order chi connectivity index (χ0) is 19.3. The summed E-state index contributed by atoms with van der Waals surface area (Å²) >= 11 is 0. The maximum absolute atomic E-state index is 12.2. The Bertz CT molecular complexity index is 734. The van der Waals surface area contributed by atoms with Crippen molar-refractivity contribution in [2.75, 3.05) is 6.61 Å². The van der Waals surface area contributed by atoms with Gasteiger partial charge in [-0.05, 0) is 32.8 Å². The SMILES string of the molecule is C=C(C)C(=O)OC1CC(C)C2(O)CCC(C)(C=C3OC(=O)C(CO)=C31)O2. The van der Waals surface area contributed by atoms with Gasteiger partial charge >= 0.3 is 11.9 Å². The normalized spacial score (nSPS) is 36.5. The van der Waals surface area contributed by atoms with Crippen LogP contribution in [0.4, 0.5) is 0 Å². The van der Waals surface area contributed by atoms with E-state index in [9.17, 15) is 19.8 Å². The van der Waals surface area contributed by atoms with E-state index in [0.29, 0.717) is 18.4 Å². The molecule has 3 heterocycles. The summed E-state index contributed by atoms with van der Waals surface area (Å²) < 4.78 is 16.8. The lowest BCUT2D eigenvalue weighted by Crippen LogP contribution is -2.40. The molecule has 7 nitrogen and oxygen atoms in total. The Kier molecular flexibility index (Phi) is 4.58. The summed E-state index contributed by atoms with van der Waals surface area (Å²) in [4.78, 5) is 24.3.